The second-order valence-electron chi connectivity index (χ2n) is 3.73. The number of hydrogen-bond acceptors (Lipinski definition) is 3. The maximum Gasteiger partial charge on any atom is 0.243 e. The molecule has 0 aliphatic heterocycles. The van der Waals surface area contributed by atoms with Gasteiger partial charge < -0.3 is 0 Å². The van der Waals surface area contributed by atoms with Crippen LogP contribution in [0.4, 0.5) is 0 Å². The molecule has 86 valence electrons. The zero-order valence-corrected chi connectivity index (χ0v) is 10.0. The second kappa shape index (κ2) is 4.76. The molecule has 5 nitrogen and oxygen atoms in total. The van der Waals surface area contributed by atoms with Crippen molar-refractivity contribution >= 4 is 10.0 Å². The third-order valence-electron chi connectivity index (χ3n) is 2.62. The molecule has 0 aliphatic carbocycles. The fourth-order valence-electron chi connectivity index (χ4n) is 1.17. The Morgan fingerprint density at radius 2 is 2.20 bits per heavy atom. The van der Waals surface area contributed by atoms with Gasteiger partial charge in [0.15, 0.2) is 0 Å². The molecule has 1 aromatic rings. The van der Waals surface area contributed by atoms with Crippen molar-refractivity contribution in [2.24, 2.45) is 5.92 Å². The first-order valence-electron chi connectivity index (χ1n) is 4.98. The molecule has 0 spiro atoms. The van der Waals surface area contributed by atoms with Gasteiger partial charge in [-0.15, -0.1) is 0 Å². The van der Waals surface area contributed by atoms with E-state index < -0.39 is 10.0 Å². The summed E-state index contributed by atoms with van der Waals surface area (Å²) in [6.45, 7) is 5.92. The minimum atomic E-state index is -3.42. The van der Waals surface area contributed by atoms with Crippen molar-refractivity contribution in [3.8, 4) is 0 Å². The first kappa shape index (κ1) is 12.2. The Kier molecular flexibility index (Phi) is 3.87. The van der Waals surface area contributed by atoms with Gasteiger partial charge in [-0.1, -0.05) is 20.3 Å². The number of nitrogens with one attached hydrogen (secondary N) is 2. The topological polar surface area (TPSA) is 74.8 Å². The van der Waals surface area contributed by atoms with E-state index in [1.165, 1.54) is 12.4 Å². The van der Waals surface area contributed by atoms with Crippen LogP contribution in [0.5, 0.6) is 0 Å². The van der Waals surface area contributed by atoms with Gasteiger partial charge in [0.25, 0.3) is 0 Å². The highest BCUT2D eigenvalue weighted by Gasteiger charge is 2.20. The summed E-state index contributed by atoms with van der Waals surface area (Å²) < 4.78 is 26.1. The number of aromatic nitrogens is 2. The summed E-state index contributed by atoms with van der Waals surface area (Å²) in [5.41, 5.74) is 0. The maximum atomic E-state index is 11.8. The third kappa shape index (κ3) is 3.04. The van der Waals surface area contributed by atoms with Crippen molar-refractivity contribution in [1.82, 2.24) is 14.9 Å². The van der Waals surface area contributed by atoms with Crippen molar-refractivity contribution < 1.29 is 8.42 Å². The summed E-state index contributed by atoms with van der Waals surface area (Å²) in [6, 6.07) is -0.0742. The van der Waals surface area contributed by atoms with E-state index >= 15 is 0 Å². The van der Waals surface area contributed by atoms with E-state index in [1.807, 2.05) is 20.8 Å². The van der Waals surface area contributed by atoms with E-state index in [9.17, 15) is 8.42 Å². The molecule has 0 saturated heterocycles. The highest BCUT2D eigenvalue weighted by molar-refractivity contribution is 7.89. The molecule has 2 N–H and O–H groups in total. The molecular formula is C9H17N3O2S. The molecule has 0 fully saturated rings. The van der Waals surface area contributed by atoms with Crippen molar-refractivity contribution in [1.29, 1.82) is 0 Å². The van der Waals surface area contributed by atoms with E-state index in [0.29, 0.717) is 5.92 Å². The quantitative estimate of drug-likeness (QED) is 0.797. The fraction of sp³-hybridized carbons (Fsp3) is 0.667. The maximum absolute atomic E-state index is 11.8. The molecule has 1 heterocycles. The van der Waals surface area contributed by atoms with Gasteiger partial charge in [-0.3, -0.25) is 5.10 Å². The van der Waals surface area contributed by atoms with Gasteiger partial charge >= 0.3 is 0 Å². The van der Waals surface area contributed by atoms with Crippen LogP contribution in [-0.2, 0) is 10.0 Å². The number of rotatable bonds is 5. The van der Waals surface area contributed by atoms with E-state index in [-0.39, 0.29) is 10.9 Å². The summed E-state index contributed by atoms with van der Waals surface area (Å²) in [4.78, 5) is 0.178. The highest BCUT2D eigenvalue weighted by Crippen LogP contribution is 2.11. The van der Waals surface area contributed by atoms with Crippen LogP contribution in [0.3, 0.4) is 0 Å². The molecule has 0 saturated carbocycles. The van der Waals surface area contributed by atoms with Gasteiger partial charge in [0, 0.05) is 12.2 Å². The van der Waals surface area contributed by atoms with Gasteiger partial charge in [0.1, 0.15) is 4.90 Å². The molecular weight excluding hydrogens is 214 g/mol. The molecule has 0 radical (unpaired) electrons. The predicted molar refractivity (Wildman–Crippen MR) is 57.8 cm³/mol. The van der Waals surface area contributed by atoms with Crippen LogP contribution in [0.1, 0.15) is 27.2 Å². The summed E-state index contributed by atoms with van der Waals surface area (Å²) >= 11 is 0. The lowest BCUT2D eigenvalue weighted by atomic mass is 10.0. The summed E-state index contributed by atoms with van der Waals surface area (Å²) in [5, 5.41) is 6.10. The van der Waals surface area contributed by atoms with Crippen LogP contribution in [0.15, 0.2) is 17.3 Å². The molecule has 0 amide bonds. The van der Waals surface area contributed by atoms with Crippen LogP contribution >= 0.6 is 0 Å². The normalized spacial score (nSPS) is 16.2. The molecule has 0 bridgehead atoms. The third-order valence-corrected chi connectivity index (χ3v) is 4.15. The van der Waals surface area contributed by atoms with Crippen LogP contribution < -0.4 is 4.72 Å². The van der Waals surface area contributed by atoms with Gasteiger partial charge in [-0.2, -0.15) is 5.10 Å². The highest BCUT2D eigenvalue weighted by atomic mass is 32.2. The van der Waals surface area contributed by atoms with Crippen LogP contribution in [-0.4, -0.2) is 24.7 Å². The molecule has 6 heteroatoms. The lowest BCUT2D eigenvalue weighted by Crippen LogP contribution is -2.36. The van der Waals surface area contributed by atoms with E-state index in [2.05, 4.69) is 14.9 Å². The van der Waals surface area contributed by atoms with Crippen LogP contribution in [0.25, 0.3) is 0 Å². The molecule has 1 rings (SSSR count). The van der Waals surface area contributed by atoms with Gasteiger partial charge in [-0.05, 0) is 12.8 Å². The van der Waals surface area contributed by atoms with Crippen molar-refractivity contribution in [3.05, 3.63) is 12.4 Å². The van der Waals surface area contributed by atoms with Gasteiger partial charge in [0.2, 0.25) is 10.0 Å². The van der Waals surface area contributed by atoms with Gasteiger partial charge in [-0.25, -0.2) is 13.1 Å². The van der Waals surface area contributed by atoms with E-state index in [1.54, 1.807) is 0 Å². The smallest absolute Gasteiger partial charge is 0.243 e. The first-order chi connectivity index (χ1) is 6.97. The molecule has 2 unspecified atom stereocenters. The Hall–Kier alpha value is -0.880. The van der Waals surface area contributed by atoms with Gasteiger partial charge in [0.05, 0.1) is 6.20 Å². The minimum absolute atomic E-state index is 0.0742. The molecule has 0 aliphatic rings. The zero-order chi connectivity index (χ0) is 11.5. The molecule has 2 atom stereocenters. The average Bonchev–Trinajstić information content (AvgIpc) is 2.69. The Morgan fingerprint density at radius 3 is 2.67 bits per heavy atom. The van der Waals surface area contributed by atoms with E-state index in [4.69, 9.17) is 0 Å². The Labute approximate surface area is 90.3 Å². The Balaban J connectivity index is 2.74. The second-order valence-corrected chi connectivity index (χ2v) is 5.44. The number of hydrogen-bond donors (Lipinski definition) is 2. The van der Waals surface area contributed by atoms with Crippen LogP contribution in [0, 0.1) is 5.92 Å². The Morgan fingerprint density at radius 1 is 1.53 bits per heavy atom. The summed E-state index contributed by atoms with van der Waals surface area (Å²) in [6.07, 6.45) is 3.60. The van der Waals surface area contributed by atoms with Crippen LogP contribution in [0.2, 0.25) is 0 Å². The molecule has 15 heavy (non-hydrogen) atoms. The lowest BCUT2D eigenvalue weighted by Gasteiger charge is -2.19. The number of aromatic amines is 1. The first-order valence-corrected chi connectivity index (χ1v) is 6.46. The minimum Gasteiger partial charge on any atom is -0.284 e. The lowest BCUT2D eigenvalue weighted by molar-refractivity contribution is 0.434. The monoisotopic (exact) mass is 231 g/mol. The van der Waals surface area contributed by atoms with E-state index in [0.717, 1.165) is 6.42 Å². The largest absolute Gasteiger partial charge is 0.284 e. The summed E-state index contributed by atoms with van der Waals surface area (Å²) in [7, 11) is -3.42. The predicted octanol–water partition coefficient (Wildman–Crippen LogP) is 1.12. The average molecular weight is 231 g/mol. The molecule has 0 aromatic carbocycles. The SMILES string of the molecule is CCC(C)C(C)NS(=O)(=O)c1cn[nH]c1. The Bertz CT molecular complexity index is 385. The van der Waals surface area contributed by atoms with Crippen molar-refractivity contribution in [2.45, 2.75) is 38.1 Å². The standard InChI is InChI=1S/C9H17N3O2S/c1-4-7(2)8(3)12-15(13,14)9-5-10-11-6-9/h5-8,12H,4H2,1-3H3,(H,10,11). The number of H-pyrrole nitrogens is 1. The van der Waals surface area contributed by atoms with Crippen molar-refractivity contribution in [2.75, 3.05) is 0 Å². The fourth-order valence-corrected chi connectivity index (χ4v) is 2.43. The number of nitrogens with zero attached hydrogens (tertiary/aromatic N) is 1. The van der Waals surface area contributed by atoms with Crippen molar-refractivity contribution in [3.63, 3.8) is 0 Å². The number of sulfonamides is 1. The molecule has 1 aromatic heterocycles. The summed E-state index contributed by atoms with van der Waals surface area (Å²) in [5.74, 6) is 0.312. The zero-order valence-electron chi connectivity index (χ0n) is 9.19.